The maximum absolute atomic E-state index is 4.33. The van der Waals surface area contributed by atoms with E-state index in [0.29, 0.717) is 6.04 Å². The Bertz CT molecular complexity index is 326. The number of nitrogens with one attached hydrogen (secondary N) is 1. The van der Waals surface area contributed by atoms with Crippen molar-refractivity contribution in [2.24, 2.45) is 13.0 Å². The third kappa shape index (κ3) is 2.52. The van der Waals surface area contributed by atoms with Gasteiger partial charge in [0.1, 0.15) is 0 Å². The minimum absolute atomic E-state index is 0.568. The molecule has 15 heavy (non-hydrogen) atoms. The summed E-state index contributed by atoms with van der Waals surface area (Å²) in [7, 11) is 1.97. The third-order valence-corrected chi connectivity index (χ3v) is 3.33. The van der Waals surface area contributed by atoms with Crippen LogP contribution in [0.5, 0.6) is 0 Å². The van der Waals surface area contributed by atoms with Gasteiger partial charge in [0.05, 0.1) is 11.4 Å². The van der Waals surface area contributed by atoms with Gasteiger partial charge in [0.25, 0.3) is 0 Å². The molecule has 1 heterocycles. The number of aryl methyl sites for hydroxylation is 2. The molecule has 1 aliphatic rings. The van der Waals surface area contributed by atoms with Crippen molar-refractivity contribution in [3.8, 4) is 0 Å². The van der Waals surface area contributed by atoms with Gasteiger partial charge in [-0.2, -0.15) is 5.10 Å². The molecule has 0 saturated heterocycles. The largest absolute Gasteiger partial charge is 0.380 e. The molecule has 1 atom stereocenters. The number of hydrogen-bond donors (Lipinski definition) is 1. The normalized spacial score (nSPS) is 18.6. The summed E-state index contributed by atoms with van der Waals surface area (Å²) >= 11 is 0. The minimum atomic E-state index is 0.568. The quantitative estimate of drug-likeness (QED) is 0.822. The number of aromatic nitrogens is 2. The third-order valence-electron chi connectivity index (χ3n) is 3.33. The van der Waals surface area contributed by atoms with Crippen LogP contribution in [0.25, 0.3) is 0 Å². The van der Waals surface area contributed by atoms with Crippen LogP contribution in [0.1, 0.15) is 38.3 Å². The van der Waals surface area contributed by atoms with Gasteiger partial charge < -0.3 is 5.32 Å². The summed E-state index contributed by atoms with van der Waals surface area (Å²) in [5, 5.41) is 7.88. The fraction of sp³-hybridized carbons (Fsp3) is 0.750. The van der Waals surface area contributed by atoms with Crippen molar-refractivity contribution in [3.63, 3.8) is 0 Å². The molecule has 3 nitrogen and oxygen atoms in total. The van der Waals surface area contributed by atoms with Gasteiger partial charge in [0.15, 0.2) is 0 Å². The predicted octanol–water partition coefficient (Wildman–Crippen LogP) is 2.72. The molecular formula is C12H21N3. The molecule has 84 valence electrons. The summed E-state index contributed by atoms with van der Waals surface area (Å²) in [5.74, 6) is 0.962. The van der Waals surface area contributed by atoms with E-state index in [9.17, 15) is 0 Å². The van der Waals surface area contributed by atoms with Gasteiger partial charge in [0.2, 0.25) is 0 Å². The summed E-state index contributed by atoms with van der Waals surface area (Å²) in [6.45, 7) is 4.32. The molecule has 0 aromatic carbocycles. The molecule has 0 bridgehead atoms. The fourth-order valence-electron chi connectivity index (χ4n) is 2.29. The van der Waals surface area contributed by atoms with Crippen LogP contribution in [0.15, 0.2) is 6.20 Å². The van der Waals surface area contributed by atoms with Gasteiger partial charge in [-0.25, -0.2) is 0 Å². The lowest BCUT2D eigenvalue weighted by Crippen LogP contribution is -2.23. The van der Waals surface area contributed by atoms with Crippen LogP contribution < -0.4 is 5.32 Å². The first-order valence-electron chi connectivity index (χ1n) is 5.92. The average molecular weight is 207 g/mol. The zero-order valence-corrected chi connectivity index (χ0v) is 9.95. The smallest absolute Gasteiger partial charge is 0.0825 e. The lowest BCUT2D eigenvalue weighted by Gasteiger charge is -2.28. The molecular weight excluding hydrogens is 186 g/mol. The lowest BCUT2D eigenvalue weighted by molar-refractivity contribution is 0.286. The van der Waals surface area contributed by atoms with Gasteiger partial charge in [-0.3, -0.25) is 4.68 Å². The molecule has 1 aromatic heterocycles. The van der Waals surface area contributed by atoms with Crippen molar-refractivity contribution < 1.29 is 0 Å². The highest BCUT2D eigenvalue weighted by Crippen LogP contribution is 2.31. The molecule has 1 fully saturated rings. The second-order valence-corrected chi connectivity index (χ2v) is 4.88. The van der Waals surface area contributed by atoms with Crippen molar-refractivity contribution in [1.29, 1.82) is 0 Å². The topological polar surface area (TPSA) is 29.9 Å². The van der Waals surface area contributed by atoms with E-state index >= 15 is 0 Å². The highest BCUT2D eigenvalue weighted by atomic mass is 15.3. The van der Waals surface area contributed by atoms with Gasteiger partial charge >= 0.3 is 0 Å². The Labute approximate surface area is 91.9 Å². The summed E-state index contributed by atoms with van der Waals surface area (Å²) in [4.78, 5) is 0. The average Bonchev–Trinajstić information content (AvgIpc) is 2.38. The van der Waals surface area contributed by atoms with Crippen LogP contribution in [0, 0.1) is 12.8 Å². The van der Waals surface area contributed by atoms with E-state index in [0.717, 1.165) is 11.6 Å². The van der Waals surface area contributed by atoms with Crippen molar-refractivity contribution in [2.75, 3.05) is 5.32 Å². The number of anilines is 1. The Balaban J connectivity index is 1.87. The van der Waals surface area contributed by atoms with Crippen molar-refractivity contribution in [1.82, 2.24) is 9.78 Å². The number of hydrogen-bond acceptors (Lipinski definition) is 2. The van der Waals surface area contributed by atoms with Gasteiger partial charge in [0, 0.05) is 19.3 Å². The van der Waals surface area contributed by atoms with Crippen LogP contribution in [-0.4, -0.2) is 15.8 Å². The van der Waals surface area contributed by atoms with E-state index in [1.54, 1.807) is 0 Å². The van der Waals surface area contributed by atoms with Crippen LogP contribution in [0.3, 0.4) is 0 Å². The summed E-state index contributed by atoms with van der Waals surface area (Å²) in [6.07, 6.45) is 7.65. The second-order valence-electron chi connectivity index (χ2n) is 4.88. The summed E-state index contributed by atoms with van der Waals surface area (Å²) in [5.41, 5.74) is 2.28. The summed E-state index contributed by atoms with van der Waals surface area (Å²) < 4.78 is 1.87. The lowest BCUT2D eigenvalue weighted by atomic mass is 9.81. The van der Waals surface area contributed by atoms with Crippen molar-refractivity contribution in [2.45, 2.75) is 45.6 Å². The Morgan fingerprint density at radius 1 is 1.60 bits per heavy atom. The number of nitrogens with zero attached hydrogens (tertiary/aromatic N) is 2. The van der Waals surface area contributed by atoms with E-state index in [4.69, 9.17) is 0 Å². The first-order valence-corrected chi connectivity index (χ1v) is 5.92. The van der Waals surface area contributed by atoms with E-state index < -0.39 is 0 Å². The maximum Gasteiger partial charge on any atom is 0.0825 e. The van der Waals surface area contributed by atoms with Gasteiger partial charge in [-0.15, -0.1) is 0 Å². The minimum Gasteiger partial charge on any atom is -0.380 e. The molecule has 3 heteroatoms. The van der Waals surface area contributed by atoms with Crippen LogP contribution in [-0.2, 0) is 7.05 Å². The van der Waals surface area contributed by atoms with Crippen LogP contribution >= 0.6 is 0 Å². The van der Waals surface area contributed by atoms with Gasteiger partial charge in [-0.1, -0.05) is 19.3 Å². The standard InChI is InChI=1S/C12H21N3/c1-9(7-11-5-4-6-11)13-12-8-15(3)14-10(12)2/h8-9,11,13H,4-7H2,1-3H3. The monoisotopic (exact) mass is 207 g/mol. The van der Waals surface area contributed by atoms with E-state index in [1.807, 2.05) is 11.7 Å². The molecule has 1 saturated carbocycles. The van der Waals surface area contributed by atoms with E-state index in [1.165, 1.54) is 31.4 Å². The molecule has 0 spiro atoms. The Morgan fingerprint density at radius 3 is 2.80 bits per heavy atom. The molecule has 1 aromatic rings. The van der Waals surface area contributed by atoms with E-state index in [-0.39, 0.29) is 0 Å². The molecule has 0 aliphatic heterocycles. The zero-order chi connectivity index (χ0) is 10.8. The van der Waals surface area contributed by atoms with Crippen LogP contribution in [0.2, 0.25) is 0 Å². The predicted molar refractivity (Wildman–Crippen MR) is 63.0 cm³/mol. The number of rotatable bonds is 4. The van der Waals surface area contributed by atoms with Gasteiger partial charge in [-0.05, 0) is 26.2 Å². The highest BCUT2D eigenvalue weighted by Gasteiger charge is 2.20. The first kappa shape index (κ1) is 10.5. The van der Waals surface area contributed by atoms with Crippen molar-refractivity contribution in [3.05, 3.63) is 11.9 Å². The zero-order valence-electron chi connectivity index (χ0n) is 9.95. The Morgan fingerprint density at radius 2 is 2.33 bits per heavy atom. The van der Waals surface area contributed by atoms with E-state index in [2.05, 4.69) is 30.5 Å². The molecule has 1 N–H and O–H groups in total. The summed E-state index contributed by atoms with van der Waals surface area (Å²) in [6, 6.07) is 0.568. The molecule has 1 aliphatic carbocycles. The Kier molecular flexibility index (Phi) is 2.98. The molecule has 0 radical (unpaired) electrons. The fourth-order valence-corrected chi connectivity index (χ4v) is 2.29. The first-order chi connectivity index (χ1) is 7.15. The maximum atomic E-state index is 4.33. The molecule has 2 rings (SSSR count). The SMILES string of the molecule is Cc1nn(C)cc1NC(C)CC1CCC1. The molecule has 1 unspecified atom stereocenters. The Hall–Kier alpha value is -0.990. The van der Waals surface area contributed by atoms with Crippen LogP contribution in [0.4, 0.5) is 5.69 Å². The highest BCUT2D eigenvalue weighted by molar-refractivity contribution is 5.46. The van der Waals surface area contributed by atoms with Crippen molar-refractivity contribution >= 4 is 5.69 Å². The molecule has 0 amide bonds. The second kappa shape index (κ2) is 4.25.